The van der Waals surface area contributed by atoms with Crippen LogP contribution in [0, 0.1) is 6.92 Å². The summed E-state index contributed by atoms with van der Waals surface area (Å²) in [7, 11) is 0. The van der Waals surface area contributed by atoms with Crippen LogP contribution in [0.25, 0.3) is 0 Å². The largest absolute Gasteiger partial charge is 0.493 e. The molecule has 1 aromatic carbocycles. The Bertz CT molecular complexity index is 513. The molecule has 2 N–H and O–H groups in total. The van der Waals surface area contributed by atoms with Crippen molar-refractivity contribution < 1.29 is 23.9 Å². The number of rotatable bonds is 7. The van der Waals surface area contributed by atoms with Gasteiger partial charge in [0, 0.05) is 6.54 Å². The summed E-state index contributed by atoms with van der Waals surface area (Å²) in [4.78, 5) is 33.7. The van der Waals surface area contributed by atoms with E-state index in [-0.39, 0.29) is 13.0 Å². The van der Waals surface area contributed by atoms with Gasteiger partial charge in [-0.25, -0.2) is 4.79 Å². The summed E-state index contributed by atoms with van der Waals surface area (Å²) in [6.45, 7) is 3.74. The van der Waals surface area contributed by atoms with E-state index in [0.717, 1.165) is 5.56 Å². The van der Waals surface area contributed by atoms with Gasteiger partial charge in [-0.05, 0) is 26.0 Å². The normalized spacial score (nSPS) is 9.73. The Balaban J connectivity index is 2.16. The van der Waals surface area contributed by atoms with E-state index in [2.05, 4.69) is 5.32 Å². The number of urea groups is 1. The summed E-state index contributed by atoms with van der Waals surface area (Å²) in [6.07, 6.45) is 0.0162. The molecular weight excluding hydrogens is 288 g/mol. The lowest BCUT2D eigenvalue weighted by Gasteiger charge is -2.07. The molecule has 0 saturated carbocycles. The zero-order chi connectivity index (χ0) is 16.4. The van der Waals surface area contributed by atoms with Gasteiger partial charge in [-0.2, -0.15) is 0 Å². The summed E-state index contributed by atoms with van der Waals surface area (Å²) in [5.74, 6) is -0.593. The summed E-state index contributed by atoms with van der Waals surface area (Å²) in [5, 5.41) is 4.42. The first-order chi connectivity index (χ1) is 10.5. The van der Waals surface area contributed by atoms with Gasteiger partial charge in [0.25, 0.3) is 5.91 Å². The monoisotopic (exact) mass is 308 g/mol. The van der Waals surface area contributed by atoms with Crippen LogP contribution in [0.1, 0.15) is 18.9 Å². The highest BCUT2D eigenvalue weighted by Crippen LogP contribution is 2.11. The molecule has 0 fully saturated rings. The number of nitrogens with one attached hydrogen (secondary N) is 2. The molecule has 0 bridgehead atoms. The Morgan fingerprint density at radius 1 is 1.14 bits per heavy atom. The number of amides is 3. The number of hydrogen-bond donors (Lipinski definition) is 2. The van der Waals surface area contributed by atoms with E-state index in [1.54, 1.807) is 19.1 Å². The standard InChI is InChI=1S/C15H20N2O5/c1-3-16-15(20)17-13(18)10-22-14(19)8-9-21-12-6-4-11(2)5-7-12/h4-7H,3,8-10H2,1-2H3,(H2,16,17,18,20). The van der Waals surface area contributed by atoms with Crippen molar-refractivity contribution >= 4 is 17.9 Å². The van der Waals surface area contributed by atoms with E-state index >= 15 is 0 Å². The molecule has 0 spiro atoms. The molecule has 0 radical (unpaired) electrons. The Labute approximate surface area is 129 Å². The van der Waals surface area contributed by atoms with Gasteiger partial charge in [-0.15, -0.1) is 0 Å². The SMILES string of the molecule is CCNC(=O)NC(=O)COC(=O)CCOc1ccc(C)cc1. The van der Waals surface area contributed by atoms with Gasteiger partial charge >= 0.3 is 12.0 Å². The first-order valence-corrected chi connectivity index (χ1v) is 6.94. The molecule has 1 aromatic rings. The third-order valence-electron chi connectivity index (χ3n) is 2.55. The number of carbonyl (C=O) groups excluding carboxylic acids is 3. The van der Waals surface area contributed by atoms with Crippen molar-refractivity contribution in [3.63, 3.8) is 0 Å². The first-order valence-electron chi connectivity index (χ1n) is 6.94. The maximum Gasteiger partial charge on any atom is 0.321 e. The van der Waals surface area contributed by atoms with Crippen molar-refractivity contribution in [3.05, 3.63) is 29.8 Å². The van der Waals surface area contributed by atoms with Gasteiger partial charge in [0.2, 0.25) is 0 Å². The Morgan fingerprint density at radius 2 is 1.82 bits per heavy atom. The van der Waals surface area contributed by atoms with E-state index < -0.39 is 24.5 Å². The van der Waals surface area contributed by atoms with Crippen LogP contribution in [0.3, 0.4) is 0 Å². The van der Waals surface area contributed by atoms with E-state index in [0.29, 0.717) is 12.3 Å². The zero-order valence-corrected chi connectivity index (χ0v) is 12.7. The average Bonchev–Trinajstić information content (AvgIpc) is 2.47. The first kappa shape index (κ1) is 17.5. The highest BCUT2D eigenvalue weighted by Gasteiger charge is 2.10. The fraction of sp³-hybridized carbons (Fsp3) is 0.400. The molecule has 1 rings (SSSR count). The minimum Gasteiger partial charge on any atom is -0.493 e. The predicted molar refractivity (Wildman–Crippen MR) is 79.5 cm³/mol. The number of carbonyl (C=O) groups is 3. The molecule has 0 heterocycles. The highest BCUT2D eigenvalue weighted by atomic mass is 16.5. The van der Waals surface area contributed by atoms with Crippen LogP contribution in [-0.2, 0) is 14.3 Å². The van der Waals surface area contributed by atoms with Gasteiger partial charge < -0.3 is 14.8 Å². The predicted octanol–water partition coefficient (Wildman–Crippen LogP) is 1.15. The number of esters is 1. The molecule has 0 aliphatic rings. The van der Waals surface area contributed by atoms with Crippen LogP contribution in [0.5, 0.6) is 5.75 Å². The molecular formula is C15H20N2O5. The lowest BCUT2D eigenvalue weighted by Crippen LogP contribution is -2.41. The lowest BCUT2D eigenvalue weighted by atomic mass is 10.2. The number of ether oxygens (including phenoxy) is 2. The van der Waals surface area contributed by atoms with Gasteiger partial charge in [-0.1, -0.05) is 17.7 Å². The van der Waals surface area contributed by atoms with Crippen LogP contribution >= 0.6 is 0 Å². The maximum atomic E-state index is 11.4. The van der Waals surface area contributed by atoms with Crippen molar-refractivity contribution in [2.45, 2.75) is 20.3 Å². The van der Waals surface area contributed by atoms with E-state index in [4.69, 9.17) is 9.47 Å². The summed E-state index contributed by atoms with van der Waals surface area (Å²) < 4.78 is 10.1. The second kappa shape index (κ2) is 9.38. The van der Waals surface area contributed by atoms with Gasteiger partial charge in [-0.3, -0.25) is 14.9 Å². The quantitative estimate of drug-likeness (QED) is 0.737. The molecule has 7 heteroatoms. The van der Waals surface area contributed by atoms with Crippen molar-refractivity contribution in [2.24, 2.45) is 0 Å². The highest BCUT2D eigenvalue weighted by molar-refractivity contribution is 5.95. The second-order valence-corrected chi connectivity index (χ2v) is 4.48. The fourth-order valence-corrected chi connectivity index (χ4v) is 1.47. The Morgan fingerprint density at radius 3 is 2.45 bits per heavy atom. The third kappa shape index (κ3) is 7.28. The van der Waals surface area contributed by atoms with Gasteiger partial charge in [0.1, 0.15) is 5.75 Å². The van der Waals surface area contributed by atoms with Crippen LogP contribution in [-0.4, -0.2) is 37.7 Å². The van der Waals surface area contributed by atoms with E-state index in [1.165, 1.54) is 0 Å². The van der Waals surface area contributed by atoms with E-state index in [1.807, 2.05) is 24.4 Å². The summed E-state index contributed by atoms with van der Waals surface area (Å²) in [5.41, 5.74) is 1.12. The molecule has 0 aliphatic heterocycles. The Kier molecular flexibility index (Phi) is 7.45. The molecule has 0 aliphatic carbocycles. The molecule has 22 heavy (non-hydrogen) atoms. The summed E-state index contributed by atoms with van der Waals surface area (Å²) >= 11 is 0. The van der Waals surface area contributed by atoms with Gasteiger partial charge in [0.05, 0.1) is 13.0 Å². The Hall–Kier alpha value is -2.57. The smallest absolute Gasteiger partial charge is 0.321 e. The van der Waals surface area contributed by atoms with Crippen molar-refractivity contribution in [1.29, 1.82) is 0 Å². The molecule has 7 nitrogen and oxygen atoms in total. The number of benzene rings is 1. The minimum atomic E-state index is -0.682. The molecule has 0 aromatic heterocycles. The average molecular weight is 308 g/mol. The van der Waals surface area contributed by atoms with E-state index in [9.17, 15) is 14.4 Å². The van der Waals surface area contributed by atoms with Crippen molar-refractivity contribution in [1.82, 2.24) is 10.6 Å². The topological polar surface area (TPSA) is 93.7 Å². The fourth-order valence-electron chi connectivity index (χ4n) is 1.47. The summed E-state index contributed by atoms with van der Waals surface area (Å²) in [6, 6.07) is 6.80. The lowest BCUT2D eigenvalue weighted by molar-refractivity contribution is -0.148. The zero-order valence-electron chi connectivity index (χ0n) is 12.7. The maximum absolute atomic E-state index is 11.4. The molecule has 0 unspecified atom stereocenters. The van der Waals surface area contributed by atoms with Gasteiger partial charge in [0.15, 0.2) is 6.61 Å². The number of imide groups is 1. The minimum absolute atomic E-state index is 0.0162. The van der Waals surface area contributed by atoms with Crippen molar-refractivity contribution in [2.75, 3.05) is 19.8 Å². The third-order valence-corrected chi connectivity index (χ3v) is 2.55. The van der Waals surface area contributed by atoms with Crippen LogP contribution in [0.4, 0.5) is 4.79 Å². The van der Waals surface area contributed by atoms with Crippen LogP contribution in [0.15, 0.2) is 24.3 Å². The second-order valence-electron chi connectivity index (χ2n) is 4.48. The molecule has 0 saturated heterocycles. The van der Waals surface area contributed by atoms with Crippen LogP contribution < -0.4 is 15.4 Å². The molecule has 120 valence electrons. The van der Waals surface area contributed by atoms with Crippen LogP contribution in [0.2, 0.25) is 0 Å². The number of aryl methyl sites for hydroxylation is 1. The molecule has 3 amide bonds. The molecule has 0 atom stereocenters. The van der Waals surface area contributed by atoms with Crippen molar-refractivity contribution in [3.8, 4) is 5.75 Å². The number of hydrogen-bond acceptors (Lipinski definition) is 5.